The second kappa shape index (κ2) is 12.9. The van der Waals surface area contributed by atoms with E-state index in [1.165, 1.54) is 38.8 Å². The molecule has 178 valence electrons. The van der Waals surface area contributed by atoms with Gasteiger partial charge in [0.25, 0.3) is 11.8 Å². The Morgan fingerprint density at radius 1 is 0.719 bits per heavy atom. The van der Waals surface area contributed by atoms with Crippen molar-refractivity contribution in [2.75, 3.05) is 39.3 Å². The molecule has 2 N–H and O–H groups in total. The molecule has 2 aliphatic rings. The molecular weight excluding hydrogens is 400 g/mol. The van der Waals surface area contributed by atoms with E-state index in [0.717, 1.165) is 51.9 Å². The topological polar surface area (TPSA) is 64.7 Å². The summed E-state index contributed by atoms with van der Waals surface area (Å²) in [4.78, 5) is 30.3. The normalized spacial score (nSPS) is 19.1. The number of nitrogens with zero attached hydrogens (tertiary/aromatic N) is 2. The molecule has 2 saturated heterocycles. The molecule has 0 aliphatic carbocycles. The third-order valence-corrected chi connectivity index (χ3v) is 6.91. The number of amides is 2. The van der Waals surface area contributed by atoms with E-state index in [4.69, 9.17) is 0 Å². The van der Waals surface area contributed by atoms with Crippen molar-refractivity contribution < 1.29 is 9.59 Å². The molecule has 6 nitrogen and oxygen atoms in total. The lowest BCUT2D eigenvalue weighted by atomic mass is 10.0. The number of hydrogen-bond donors (Lipinski definition) is 2. The summed E-state index contributed by atoms with van der Waals surface area (Å²) in [5.74, 6) is -0.0770. The summed E-state index contributed by atoms with van der Waals surface area (Å²) in [6.45, 7) is 11.0. The van der Waals surface area contributed by atoms with Crippen LogP contribution < -0.4 is 10.6 Å². The molecule has 0 bridgehead atoms. The van der Waals surface area contributed by atoms with E-state index in [0.29, 0.717) is 11.1 Å². The summed E-state index contributed by atoms with van der Waals surface area (Å²) in [5, 5.41) is 6.35. The van der Waals surface area contributed by atoms with Crippen LogP contribution in [0.15, 0.2) is 24.3 Å². The second-order valence-corrected chi connectivity index (χ2v) is 9.46. The molecule has 0 atom stereocenters. The number of nitrogens with one attached hydrogen (secondary N) is 2. The highest BCUT2D eigenvalue weighted by molar-refractivity contribution is 5.98. The van der Waals surface area contributed by atoms with Gasteiger partial charge in [0.15, 0.2) is 0 Å². The van der Waals surface area contributed by atoms with Crippen LogP contribution in [0.1, 0.15) is 85.9 Å². The predicted molar refractivity (Wildman–Crippen MR) is 130 cm³/mol. The number of carbonyl (C=O) groups excluding carboxylic acids is 2. The highest BCUT2D eigenvalue weighted by Crippen LogP contribution is 2.14. The van der Waals surface area contributed by atoms with E-state index in [9.17, 15) is 9.59 Å². The fraction of sp³-hybridized carbons (Fsp3) is 0.692. The van der Waals surface area contributed by atoms with Crippen molar-refractivity contribution in [3.8, 4) is 0 Å². The minimum Gasteiger partial charge on any atom is -0.349 e. The number of rotatable bonds is 10. The Morgan fingerprint density at radius 3 is 1.38 bits per heavy atom. The van der Waals surface area contributed by atoms with Crippen molar-refractivity contribution in [2.24, 2.45) is 0 Å². The molecule has 0 saturated carbocycles. The fourth-order valence-electron chi connectivity index (χ4n) is 4.68. The van der Waals surface area contributed by atoms with E-state index in [1.807, 2.05) is 0 Å². The van der Waals surface area contributed by atoms with Crippen LogP contribution in [0.4, 0.5) is 0 Å². The van der Waals surface area contributed by atoms with Gasteiger partial charge in [0.05, 0.1) is 0 Å². The Kier molecular flexibility index (Phi) is 10.0. The molecule has 2 fully saturated rings. The van der Waals surface area contributed by atoms with Crippen molar-refractivity contribution in [1.82, 2.24) is 20.4 Å². The van der Waals surface area contributed by atoms with Gasteiger partial charge in [0.1, 0.15) is 0 Å². The quantitative estimate of drug-likeness (QED) is 0.580. The highest BCUT2D eigenvalue weighted by Gasteiger charge is 2.22. The smallest absolute Gasteiger partial charge is 0.251 e. The van der Waals surface area contributed by atoms with Crippen LogP contribution in [0.3, 0.4) is 0 Å². The Labute approximate surface area is 194 Å². The van der Waals surface area contributed by atoms with E-state index < -0.39 is 0 Å². The summed E-state index contributed by atoms with van der Waals surface area (Å²) >= 11 is 0. The molecule has 2 amide bonds. The molecule has 2 heterocycles. The molecule has 0 aromatic heterocycles. The van der Waals surface area contributed by atoms with E-state index in [2.05, 4.69) is 34.3 Å². The predicted octanol–water partition coefficient (Wildman–Crippen LogP) is 3.68. The van der Waals surface area contributed by atoms with Gasteiger partial charge in [-0.2, -0.15) is 0 Å². The molecule has 6 heteroatoms. The van der Waals surface area contributed by atoms with Crippen molar-refractivity contribution in [2.45, 2.75) is 77.3 Å². The molecule has 2 aliphatic heterocycles. The lowest BCUT2D eigenvalue weighted by Crippen LogP contribution is -2.45. The lowest BCUT2D eigenvalue weighted by Gasteiger charge is -2.32. The molecule has 0 radical (unpaired) electrons. The zero-order valence-electron chi connectivity index (χ0n) is 20.1. The minimum absolute atomic E-state index is 0.0385. The van der Waals surface area contributed by atoms with Crippen LogP contribution in [0.2, 0.25) is 0 Å². The standard InChI is InChI=1S/C26H42N4O2/c1-3-5-15-29-17-11-23(12-18-29)27-25(31)21-7-9-22(10-8-21)26(32)28-24-13-19-30(20-14-24)16-6-4-2/h7-10,23-24H,3-6,11-20H2,1-2H3,(H,27,31)(H,28,32). The number of hydrogen-bond acceptors (Lipinski definition) is 4. The van der Waals surface area contributed by atoms with Crippen molar-refractivity contribution in [3.63, 3.8) is 0 Å². The minimum atomic E-state index is -0.0385. The largest absolute Gasteiger partial charge is 0.349 e. The van der Waals surface area contributed by atoms with Gasteiger partial charge in [0, 0.05) is 49.4 Å². The Balaban J connectivity index is 1.40. The Bertz CT molecular complexity index is 644. The number of benzene rings is 1. The zero-order valence-corrected chi connectivity index (χ0v) is 20.1. The van der Waals surface area contributed by atoms with Crippen molar-refractivity contribution in [1.29, 1.82) is 0 Å². The zero-order chi connectivity index (χ0) is 22.8. The first-order valence-electron chi connectivity index (χ1n) is 12.8. The summed E-state index contributed by atoms with van der Waals surface area (Å²) in [6.07, 6.45) is 8.97. The van der Waals surface area contributed by atoms with Crippen LogP contribution in [0.25, 0.3) is 0 Å². The third kappa shape index (κ3) is 7.59. The number of likely N-dealkylation sites (tertiary alicyclic amines) is 2. The maximum atomic E-state index is 12.6. The summed E-state index contributed by atoms with van der Waals surface area (Å²) < 4.78 is 0. The molecule has 0 unspecified atom stereocenters. The van der Waals surface area contributed by atoms with Crippen molar-refractivity contribution in [3.05, 3.63) is 35.4 Å². The fourth-order valence-corrected chi connectivity index (χ4v) is 4.68. The second-order valence-electron chi connectivity index (χ2n) is 9.46. The summed E-state index contributed by atoms with van der Waals surface area (Å²) in [6, 6.07) is 7.57. The summed E-state index contributed by atoms with van der Waals surface area (Å²) in [7, 11) is 0. The SMILES string of the molecule is CCCCN1CCC(NC(=O)c2ccc(C(=O)NC3CCN(CCCC)CC3)cc2)CC1. The summed E-state index contributed by atoms with van der Waals surface area (Å²) in [5.41, 5.74) is 1.25. The number of carbonyl (C=O) groups is 2. The van der Waals surface area contributed by atoms with Crippen LogP contribution in [0, 0.1) is 0 Å². The van der Waals surface area contributed by atoms with Gasteiger partial charge in [-0.25, -0.2) is 0 Å². The number of piperidine rings is 2. The van der Waals surface area contributed by atoms with Gasteiger partial charge < -0.3 is 20.4 Å². The molecule has 0 spiro atoms. The van der Waals surface area contributed by atoms with Gasteiger partial charge in [-0.15, -0.1) is 0 Å². The first-order chi connectivity index (χ1) is 15.6. The van der Waals surface area contributed by atoms with Gasteiger partial charge in [0.2, 0.25) is 0 Å². The lowest BCUT2D eigenvalue weighted by molar-refractivity contribution is 0.0898. The van der Waals surface area contributed by atoms with Gasteiger partial charge in [-0.3, -0.25) is 9.59 Å². The third-order valence-electron chi connectivity index (χ3n) is 6.91. The molecule has 3 rings (SSSR count). The maximum Gasteiger partial charge on any atom is 0.251 e. The van der Waals surface area contributed by atoms with Crippen LogP contribution >= 0.6 is 0 Å². The average molecular weight is 443 g/mol. The maximum absolute atomic E-state index is 12.6. The van der Waals surface area contributed by atoms with E-state index in [-0.39, 0.29) is 23.9 Å². The average Bonchev–Trinajstić information content (AvgIpc) is 2.83. The van der Waals surface area contributed by atoms with Crippen LogP contribution in [-0.2, 0) is 0 Å². The first-order valence-corrected chi connectivity index (χ1v) is 12.8. The Hall–Kier alpha value is -1.92. The first kappa shape index (κ1) is 24.7. The van der Waals surface area contributed by atoms with E-state index >= 15 is 0 Å². The molecule has 1 aromatic carbocycles. The van der Waals surface area contributed by atoms with Gasteiger partial charge in [-0.05, 0) is 75.9 Å². The van der Waals surface area contributed by atoms with E-state index in [1.54, 1.807) is 24.3 Å². The highest BCUT2D eigenvalue weighted by atomic mass is 16.2. The molecule has 1 aromatic rings. The number of unbranched alkanes of at least 4 members (excludes halogenated alkanes) is 2. The Morgan fingerprint density at radius 2 is 1.06 bits per heavy atom. The molecule has 32 heavy (non-hydrogen) atoms. The van der Waals surface area contributed by atoms with Crippen LogP contribution in [-0.4, -0.2) is 73.0 Å². The van der Waals surface area contributed by atoms with Gasteiger partial charge >= 0.3 is 0 Å². The van der Waals surface area contributed by atoms with Crippen LogP contribution in [0.5, 0.6) is 0 Å². The van der Waals surface area contributed by atoms with Crippen molar-refractivity contribution >= 4 is 11.8 Å². The van der Waals surface area contributed by atoms with Gasteiger partial charge in [-0.1, -0.05) is 26.7 Å². The molecular formula is C26H42N4O2. The monoisotopic (exact) mass is 442 g/mol.